The van der Waals surface area contributed by atoms with Crippen LogP contribution in [0.15, 0.2) is 72.8 Å². The van der Waals surface area contributed by atoms with E-state index in [1.807, 2.05) is 74.5 Å². The first-order chi connectivity index (χ1) is 14.0. The Hall–Kier alpha value is -3.24. The smallest absolute Gasteiger partial charge is 0.255 e. The summed E-state index contributed by atoms with van der Waals surface area (Å²) in [7, 11) is 0. The SMILES string of the molecule is Cc1ccc(C(=O)Nc2ccc(-c3nc(-c4ccccc4)sc3C)cc2)cc1C. The summed E-state index contributed by atoms with van der Waals surface area (Å²) >= 11 is 1.70. The molecular formula is C25H22N2OS. The van der Waals surface area contributed by atoms with E-state index in [1.165, 1.54) is 10.4 Å². The van der Waals surface area contributed by atoms with Crippen molar-refractivity contribution < 1.29 is 4.79 Å². The highest BCUT2D eigenvalue weighted by Crippen LogP contribution is 2.33. The predicted molar refractivity (Wildman–Crippen MR) is 122 cm³/mol. The number of nitrogens with zero attached hydrogens (tertiary/aromatic N) is 1. The lowest BCUT2D eigenvalue weighted by atomic mass is 10.1. The Kier molecular flexibility index (Phi) is 5.28. The molecule has 144 valence electrons. The molecule has 4 heteroatoms. The predicted octanol–water partition coefficient (Wildman–Crippen LogP) is 6.65. The van der Waals surface area contributed by atoms with Crippen LogP contribution in [-0.2, 0) is 0 Å². The molecule has 0 saturated heterocycles. The number of rotatable bonds is 4. The van der Waals surface area contributed by atoms with E-state index in [-0.39, 0.29) is 5.91 Å². The van der Waals surface area contributed by atoms with Crippen molar-refractivity contribution in [1.82, 2.24) is 4.98 Å². The van der Waals surface area contributed by atoms with Gasteiger partial charge in [-0.2, -0.15) is 0 Å². The monoisotopic (exact) mass is 398 g/mol. The van der Waals surface area contributed by atoms with Crippen molar-refractivity contribution in [3.63, 3.8) is 0 Å². The third-order valence-corrected chi connectivity index (χ3v) is 6.02. The van der Waals surface area contributed by atoms with Crippen LogP contribution < -0.4 is 5.32 Å². The summed E-state index contributed by atoms with van der Waals surface area (Å²) in [6.45, 7) is 6.15. The first-order valence-electron chi connectivity index (χ1n) is 9.53. The molecule has 0 saturated carbocycles. The van der Waals surface area contributed by atoms with Gasteiger partial charge in [0.1, 0.15) is 5.01 Å². The van der Waals surface area contributed by atoms with Crippen molar-refractivity contribution in [2.45, 2.75) is 20.8 Å². The second-order valence-electron chi connectivity index (χ2n) is 7.12. The fraction of sp³-hybridized carbons (Fsp3) is 0.120. The van der Waals surface area contributed by atoms with Gasteiger partial charge in [0.05, 0.1) is 5.69 Å². The second kappa shape index (κ2) is 8.02. The number of carbonyl (C=O) groups is 1. The first-order valence-corrected chi connectivity index (χ1v) is 10.3. The molecule has 4 aromatic rings. The Bertz CT molecular complexity index is 1160. The summed E-state index contributed by atoms with van der Waals surface area (Å²) in [5.74, 6) is -0.1000. The molecule has 29 heavy (non-hydrogen) atoms. The number of benzene rings is 3. The highest BCUT2D eigenvalue weighted by atomic mass is 32.1. The van der Waals surface area contributed by atoms with Gasteiger partial charge in [-0.1, -0.05) is 48.5 Å². The van der Waals surface area contributed by atoms with Gasteiger partial charge in [0, 0.05) is 27.3 Å². The number of hydrogen-bond donors (Lipinski definition) is 1. The van der Waals surface area contributed by atoms with Crippen LogP contribution in [0.5, 0.6) is 0 Å². The highest BCUT2D eigenvalue weighted by Gasteiger charge is 2.12. The molecule has 0 bridgehead atoms. The average Bonchev–Trinajstić information content (AvgIpc) is 3.13. The van der Waals surface area contributed by atoms with Crippen molar-refractivity contribution in [3.05, 3.63) is 94.4 Å². The maximum Gasteiger partial charge on any atom is 0.255 e. The van der Waals surface area contributed by atoms with Crippen molar-refractivity contribution in [3.8, 4) is 21.8 Å². The van der Waals surface area contributed by atoms with Crippen LogP contribution in [0.25, 0.3) is 21.8 Å². The number of aromatic nitrogens is 1. The zero-order valence-electron chi connectivity index (χ0n) is 16.7. The van der Waals surface area contributed by atoms with Gasteiger partial charge in [0.25, 0.3) is 5.91 Å². The van der Waals surface area contributed by atoms with E-state index >= 15 is 0 Å². The summed E-state index contributed by atoms with van der Waals surface area (Å²) in [4.78, 5) is 18.5. The molecule has 0 atom stereocenters. The zero-order valence-corrected chi connectivity index (χ0v) is 17.5. The van der Waals surface area contributed by atoms with Crippen LogP contribution >= 0.6 is 11.3 Å². The molecule has 0 aliphatic carbocycles. The molecule has 0 spiro atoms. The van der Waals surface area contributed by atoms with E-state index in [4.69, 9.17) is 4.98 Å². The molecule has 1 aromatic heterocycles. The van der Waals surface area contributed by atoms with Crippen LogP contribution in [0.1, 0.15) is 26.4 Å². The Morgan fingerprint density at radius 3 is 2.24 bits per heavy atom. The molecule has 0 radical (unpaired) electrons. The molecule has 0 unspecified atom stereocenters. The van der Waals surface area contributed by atoms with Crippen LogP contribution in [0.2, 0.25) is 0 Å². The van der Waals surface area contributed by atoms with E-state index in [9.17, 15) is 4.79 Å². The second-order valence-corrected chi connectivity index (χ2v) is 8.32. The van der Waals surface area contributed by atoms with Gasteiger partial charge in [-0.15, -0.1) is 11.3 Å². The summed E-state index contributed by atoms with van der Waals surface area (Å²) in [5.41, 5.74) is 6.89. The highest BCUT2D eigenvalue weighted by molar-refractivity contribution is 7.15. The molecule has 4 rings (SSSR count). The molecule has 1 amide bonds. The van der Waals surface area contributed by atoms with E-state index in [2.05, 4.69) is 24.4 Å². The van der Waals surface area contributed by atoms with E-state index in [1.54, 1.807) is 11.3 Å². The van der Waals surface area contributed by atoms with Gasteiger partial charge in [-0.25, -0.2) is 4.98 Å². The Morgan fingerprint density at radius 2 is 1.55 bits per heavy atom. The van der Waals surface area contributed by atoms with Gasteiger partial charge in [0.2, 0.25) is 0 Å². The molecule has 0 aliphatic heterocycles. The number of hydrogen-bond acceptors (Lipinski definition) is 3. The lowest BCUT2D eigenvalue weighted by Crippen LogP contribution is -2.12. The van der Waals surface area contributed by atoms with Gasteiger partial charge in [-0.3, -0.25) is 4.79 Å². The third-order valence-electron chi connectivity index (χ3n) is 5.00. The van der Waals surface area contributed by atoms with Gasteiger partial charge >= 0.3 is 0 Å². The lowest BCUT2D eigenvalue weighted by Gasteiger charge is -2.08. The minimum Gasteiger partial charge on any atom is -0.322 e. The molecule has 3 aromatic carbocycles. The summed E-state index contributed by atoms with van der Waals surface area (Å²) in [5, 5.41) is 3.99. The lowest BCUT2D eigenvalue weighted by molar-refractivity contribution is 0.102. The van der Waals surface area contributed by atoms with Crippen molar-refractivity contribution in [1.29, 1.82) is 0 Å². The normalized spacial score (nSPS) is 10.7. The standard InChI is InChI=1S/C25H22N2OS/c1-16-9-10-21(15-17(16)2)24(28)26-22-13-11-19(12-14-22)23-18(3)29-25(27-23)20-7-5-4-6-8-20/h4-15H,1-3H3,(H,26,28). The maximum atomic E-state index is 12.5. The summed E-state index contributed by atoms with van der Waals surface area (Å²) in [6, 6.07) is 23.8. The maximum absolute atomic E-state index is 12.5. The van der Waals surface area contributed by atoms with Crippen LogP contribution in [0.3, 0.4) is 0 Å². The quantitative estimate of drug-likeness (QED) is 0.418. The minimum atomic E-state index is -0.1000. The molecule has 0 fully saturated rings. The first kappa shape index (κ1) is 19.1. The van der Waals surface area contributed by atoms with Crippen molar-refractivity contribution >= 4 is 22.9 Å². The summed E-state index contributed by atoms with van der Waals surface area (Å²) < 4.78 is 0. The molecule has 1 heterocycles. The van der Waals surface area contributed by atoms with E-state index in [0.29, 0.717) is 5.56 Å². The van der Waals surface area contributed by atoms with Gasteiger partial charge in [0.15, 0.2) is 0 Å². The fourth-order valence-electron chi connectivity index (χ4n) is 3.17. The number of amides is 1. The summed E-state index contributed by atoms with van der Waals surface area (Å²) in [6.07, 6.45) is 0. The van der Waals surface area contributed by atoms with Crippen LogP contribution in [-0.4, -0.2) is 10.9 Å². The minimum absolute atomic E-state index is 0.1000. The molecule has 0 aliphatic rings. The van der Waals surface area contributed by atoms with Crippen LogP contribution in [0.4, 0.5) is 5.69 Å². The van der Waals surface area contributed by atoms with Crippen molar-refractivity contribution in [2.24, 2.45) is 0 Å². The van der Waals surface area contributed by atoms with Gasteiger partial charge in [-0.05, 0) is 56.2 Å². The third kappa shape index (κ3) is 4.13. The average molecular weight is 399 g/mol. The van der Waals surface area contributed by atoms with Crippen molar-refractivity contribution in [2.75, 3.05) is 5.32 Å². The zero-order chi connectivity index (χ0) is 20.4. The Morgan fingerprint density at radius 1 is 0.828 bits per heavy atom. The largest absolute Gasteiger partial charge is 0.322 e. The van der Waals surface area contributed by atoms with E-state index in [0.717, 1.165) is 33.1 Å². The molecular weight excluding hydrogens is 376 g/mol. The van der Waals surface area contributed by atoms with Gasteiger partial charge < -0.3 is 5.32 Å². The number of thiazole rings is 1. The Balaban J connectivity index is 1.53. The number of carbonyl (C=O) groups excluding carboxylic acids is 1. The fourth-order valence-corrected chi connectivity index (χ4v) is 4.11. The number of aryl methyl sites for hydroxylation is 3. The molecule has 1 N–H and O–H groups in total. The Labute approximate surface area is 175 Å². The topological polar surface area (TPSA) is 42.0 Å². The van der Waals surface area contributed by atoms with E-state index < -0.39 is 0 Å². The number of nitrogens with one attached hydrogen (secondary N) is 1. The molecule has 3 nitrogen and oxygen atoms in total. The van der Waals surface area contributed by atoms with Crippen LogP contribution in [0, 0.1) is 20.8 Å². The number of anilines is 1.